The van der Waals surface area contributed by atoms with Crippen LogP contribution in [0.3, 0.4) is 0 Å². The summed E-state index contributed by atoms with van der Waals surface area (Å²) in [7, 11) is 0. The number of amides is 2. The number of carbonyl (C=O) groups excluding carboxylic acids is 2. The highest BCUT2D eigenvalue weighted by atomic mass is 16.3. The summed E-state index contributed by atoms with van der Waals surface area (Å²) in [4.78, 5) is 26.1. The van der Waals surface area contributed by atoms with E-state index in [9.17, 15) is 14.7 Å². The molecule has 100 valence electrons. The van der Waals surface area contributed by atoms with Crippen LogP contribution in [-0.2, 0) is 0 Å². The van der Waals surface area contributed by atoms with Gasteiger partial charge in [-0.1, -0.05) is 19.1 Å². The number of fused-ring (bicyclic) bond motifs is 1. The van der Waals surface area contributed by atoms with Gasteiger partial charge in [0.05, 0.1) is 17.2 Å². The fourth-order valence-corrected chi connectivity index (χ4v) is 3.15. The van der Waals surface area contributed by atoms with Crippen LogP contribution < -0.4 is 0 Å². The van der Waals surface area contributed by atoms with Gasteiger partial charge in [-0.25, -0.2) is 0 Å². The maximum Gasteiger partial charge on any atom is 0.261 e. The number of carbonyl (C=O) groups is 2. The second-order valence-corrected chi connectivity index (χ2v) is 5.54. The number of imide groups is 1. The van der Waals surface area contributed by atoms with Crippen LogP contribution >= 0.6 is 0 Å². The summed E-state index contributed by atoms with van der Waals surface area (Å²) in [5.41, 5.74) is 0.972. The molecule has 1 aliphatic carbocycles. The van der Waals surface area contributed by atoms with Crippen molar-refractivity contribution < 1.29 is 14.7 Å². The molecule has 4 nitrogen and oxygen atoms in total. The molecule has 3 unspecified atom stereocenters. The zero-order valence-corrected chi connectivity index (χ0v) is 10.9. The minimum absolute atomic E-state index is 0.184. The van der Waals surface area contributed by atoms with E-state index in [0.29, 0.717) is 17.5 Å². The van der Waals surface area contributed by atoms with Crippen molar-refractivity contribution in [2.45, 2.75) is 38.3 Å². The SMILES string of the molecule is CC1CCC(O)CC1N1C(=O)c2ccccc2C1=O. The Morgan fingerprint density at radius 1 is 1.11 bits per heavy atom. The summed E-state index contributed by atoms with van der Waals surface area (Å²) in [6.07, 6.45) is 1.68. The average Bonchev–Trinajstić information content (AvgIpc) is 2.66. The van der Waals surface area contributed by atoms with Gasteiger partial charge >= 0.3 is 0 Å². The Balaban J connectivity index is 1.95. The standard InChI is InChI=1S/C15H17NO3/c1-9-6-7-10(17)8-13(9)16-14(18)11-4-2-3-5-12(11)15(16)19/h2-5,9-10,13,17H,6-8H2,1H3. The lowest BCUT2D eigenvalue weighted by Crippen LogP contribution is -2.47. The highest BCUT2D eigenvalue weighted by Crippen LogP contribution is 2.34. The third-order valence-electron chi connectivity index (χ3n) is 4.28. The molecular weight excluding hydrogens is 242 g/mol. The Labute approximate surface area is 112 Å². The maximum absolute atomic E-state index is 12.4. The lowest BCUT2D eigenvalue weighted by Gasteiger charge is -2.36. The molecule has 1 aromatic rings. The van der Waals surface area contributed by atoms with Crippen LogP contribution in [0.25, 0.3) is 0 Å². The molecular formula is C15H17NO3. The Morgan fingerprint density at radius 2 is 1.68 bits per heavy atom. The van der Waals surface area contributed by atoms with Crippen LogP contribution in [-0.4, -0.2) is 34.0 Å². The largest absolute Gasteiger partial charge is 0.393 e. The summed E-state index contributed by atoms with van der Waals surface area (Å²) in [6.45, 7) is 2.04. The normalized spacial score (nSPS) is 30.6. The average molecular weight is 259 g/mol. The fourth-order valence-electron chi connectivity index (χ4n) is 3.15. The van der Waals surface area contributed by atoms with Crippen molar-refractivity contribution in [2.75, 3.05) is 0 Å². The molecule has 3 rings (SSSR count). The number of benzene rings is 1. The molecule has 19 heavy (non-hydrogen) atoms. The van der Waals surface area contributed by atoms with Crippen LogP contribution in [0, 0.1) is 5.92 Å². The molecule has 1 heterocycles. The van der Waals surface area contributed by atoms with E-state index in [4.69, 9.17) is 0 Å². The summed E-state index contributed by atoms with van der Waals surface area (Å²) >= 11 is 0. The number of hydrogen-bond acceptors (Lipinski definition) is 3. The minimum Gasteiger partial charge on any atom is -0.393 e. The zero-order chi connectivity index (χ0) is 13.6. The van der Waals surface area contributed by atoms with E-state index in [2.05, 4.69) is 0 Å². The van der Waals surface area contributed by atoms with Crippen molar-refractivity contribution in [2.24, 2.45) is 5.92 Å². The smallest absolute Gasteiger partial charge is 0.261 e. The van der Waals surface area contributed by atoms with Crippen molar-refractivity contribution >= 4 is 11.8 Å². The van der Waals surface area contributed by atoms with Gasteiger partial charge in [-0.2, -0.15) is 0 Å². The van der Waals surface area contributed by atoms with E-state index >= 15 is 0 Å². The van der Waals surface area contributed by atoms with E-state index in [0.717, 1.165) is 12.8 Å². The predicted molar refractivity (Wildman–Crippen MR) is 69.8 cm³/mol. The first-order chi connectivity index (χ1) is 9.09. The molecule has 1 N–H and O–H groups in total. The number of nitrogens with zero attached hydrogens (tertiary/aromatic N) is 1. The van der Waals surface area contributed by atoms with E-state index in [1.807, 2.05) is 6.92 Å². The van der Waals surface area contributed by atoms with E-state index < -0.39 is 6.10 Å². The zero-order valence-electron chi connectivity index (χ0n) is 10.9. The van der Waals surface area contributed by atoms with Gasteiger partial charge in [-0.3, -0.25) is 14.5 Å². The molecule has 1 aliphatic heterocycles. The van der Waals surface area contributed by atoms with Crippen LogP contribution in [0.1, 0.15) is 46.9 Å². The van der Waals surface area contributed by atoms with E-state index in [1.54, 1.807) is 24.3 Å². The van der Waals surface area contributed by atoms with Crippen LogP contribution in [0.15, 0.2) is 24.3 Å². The summed E-state index contributed by atoms with van der Waals surface area (Å²) in [6, 6.07) is 6.74. The van der Waals surface area contributed by atoms with Crippen molar-refractivity contribution in [3.05, 3.63) is 35.4 Å². The van der Waals surface area contributed by atoms with E-state index in [-0.39, 0.29) is 23.8 Å². The molecule has 0 spiro atoms. The topological polar surface area (TPSA) is 57.6 Å². The molecule has 0 saturated heterocycles. The Morgan fingerprint density at radius 3 is 2.26 bits per heavy atom. The Kier molecular flexibility index (Phi) is 2.90. The lowest BCUT2D eigenvalue weighted by molar-refractivity contribution is 0.0281. The summed E-state index contributed by atoms with van der Waals surface area (Å²) in [5.74, 6) is -0.191. The van der Waals surface area contributed by atoms with Crippen LogP contribution in [0.4, 0.5) is 0 Å². The summed E-state index contributed by atoms with van der Waals surface area (Å²) < 4.78 is 0. The predicted octanol–water partition coefficient (Wildman–Crippen LogP) is 1.83. The second kappa shape index (κ2) is 4.46. The molecule has 2 amide bonds. The highest BCUT2D eigenvalue weighted by molar-refractivity contribution is 6.21. The van der Waals surface area contributed by atoms with E-state index in [1.165, 1.54) is 4.90 Å². The molecule has 3 atom stereocenters. The Bertz CT molecular complexity index is 505. The first-order valence-electron chi connectivity index (χ1n) is 6.74. The number of aliphatic hydroxyl groups excluding tert-OH is 1. The molecule has 1 saturated carbocycles. The third-order valence-corrected chi connectivity index (χ3v) is 4.28. The molecule has 1 fully saturated rings. The fraction of sp³-hybridized carbons (Fsp3) is 0.467. The maximum atomic E-state index is 12.4. The second-order valence-electron chi connectivity index (χ2n) is 5.54. The van der Waals surface area contributed by atoms with Gasteiger partial charge in [0.1, 0.15) is 0 Å². The van der Waals surface area contributed by atoms with Crippen LogP contribution in [0.5, 0.6) is 0 Å². The van der Waals surface area contributed by atoms with Gasteiger partial charge in [0.2, 0.25) is 0 Å². The number of aliphatic hydroxyl groups is 1. The quantitative estimate of drug-likeness (QED) is 0.783. The van der Waals surface area contributed by atoms with Gasteiger partial charge in [-0.05, 0) is 37.3 Å². The lowest BCUT2D eigenvalue weighted by atomic mass is 9.83. The first-order valence-corrected chi connectivity index (χ1v) is 6.74. The molecule has 4 heteroatoms. The van der Waals surface area contributed by atoms with Gasteiger partial charge < -0.3 is 5.11 Å². The number of hydrogen-bond donors (Lipinski definition) is 1. The minimum atomic E-state index is -0.412. The first kappa shape index (κ1) is 12.4. The van der Waals surface area contributed by atoms with Crippen molar-refractivity contribution in [3.63, 3.8) is 0 Å². The van der Waals surface area contributed by atoms with Gasteiger partial charge in [0.25, 0.3) is 11.8 Å². The van der Waals surface area contributed by atoms with Crippen molar-refractivity contribution in [3.8, 4) is 0 Å². The van der Waals surface area contributed by atoms with Crippen molar-refractivity contribution in [1.29, 1.82) is 0 Å². The third kappa shape index (κ3) is 1.87. The molecule has 1 aromatic carbocycles. The molecule has 0 radical (unpaired) electrons. The summed E-state index contributed by atoms with van der Waals surface area (Å²) in [5, 5.41) is 9.80. The van der Waals surface area contributed by atoms with Crippen molar-refractivity contribution in [1.82, 2.24) is 4.90 Å². The van der Waals surface area contributed by atoms with Crippen LogP contribution in [0.2, 0.25) is 0 Å². The highest BCUT2D eigenvalue weighted by Gasteiger charge is 2.43. The molecule has 2 aliphatic rings. The van der Waals surface area contributed by atoms with Gasteiger partial charge in [0.15, 0.2) is 0 Å². The number of rotatable bonds is 1. The monoisotopic (exact) mass is 259 g/mol. The molecule has 0 bridgehead atoms. The van der Waals surface area contributed by atoms with Gasteiger partial charge in [-0.15, -0.1) is 0 Å². The van der Waals surface area contributed by atoms with Gasteiger partial charge in [0, 0.05) is 6.04 Å². The molecule has 0 aromatic heterocycles. The Hall–Kier alpha value is -1.68.